The third kappa shape index (κ3) is 5.22. The fraction of sp³-hybridized carbons (Fsp3) is 0.279. The van der Waals surface area contributed by atoms with Gasteiger partial charge in [-0.3, -0.25) is 0 Å². The number of likely N-dealkylation sites (N-methyl/N-ethyl adjacent to an activating group) is 2. The van der Waals surface area contributed by atoms with Crippen LogP contribution in [-0.2, 0) is 10.8 Å². The van der Waals surface area contributed by atoms with Gasteiger partial charge >= 0.3 is 0 Å². The van der Waals surface area contributed by atoms with E-state index in [1.165, 1.54) is 39.4 Å². The Morgan fingerprint density at radius 1 is 0.583 bits per heavy atom. The van der Waals surface area contributed by atoms with Crippen molar-refractivity contribution in [2.45, 2.75) is 65.2 Å². The molecule has 48 heavy (non-hydrogen) atoms. The van der Waals surface area contributed by atoms with E-state index in [1.54, 1.807) is 0 Å². The number of pyridine rings is 2. The van der Waals surface area contributed by atoms with Crippen LogP contribution in [0.4, 0.5) is 23.0 Å². The highest BCUT2D eigenvalue weighted by molar-refractivity contribution is 6.17. The van der Waals surface area contributed by atoms with Crippen LogP contribution in [0.1, 0.15) is 65.5 Å². The summed E-state index contributed by atoms with van der Waals surface area (Å²) in [6.45, 7) is 15.5. The van der Waals surface area contributed by atoms with Crippen LogP contribution >= 0.6 is 0 Å². The molecule has 2 aromatic carbocycles. The second-order valence-electron chi connectivity index (χ2n) is 13.8. The minimum absolute atomic E-state index is 0.141. The average molecular weight is 633 g/mol. The first-order valence-corrected chi connectivity index (χ1v) is 17.3. The van der Waals surface area contributed by atoms with Gasteiger partial charge in [-0.25, -0.2) is 9.97 Å². The molecule has 2 aliphatic heterocycles. The first-order valence-electron chi connectivity index (χ1n) is 17.3. The molecule has 242 valence electrons. The van der Waals surface area contributed by atoms with Gasteiger partial charge in [-0.1, -0.05) is 88.4 Å². The van der Waals surface area contributed by atoms with E-state index in [-0.39, 0.29) is 10.8 Å². The van der Waals surface area contributed by atoms with Crippen molar-refractivity contribution in [3.05, 3.63) is 155 Å². The molecule has 0 atom stereocenters. The van der Waals surface area contributed by atoms with Crippen LogP contribution in [0.15, 0.2) is 144 Å². The van der Waals surface area contributed by atoms with Gasteiger partial charge in [0.2, 0.25) is 17.1 Å². The lowest BCUT2D eigenvalue weighted by Crippen LogP contribution is -2.26. The maximum absolute atomic E-state index is 4.80. The predicted octanol–water partition coefficient (Wildman–Crippen LogP) is 9.80. The number of hydrogen-bond acceptors (Lipinski definition) is 4. The zero-order chi connectivity index (χ0) is 33.5. The van der Waals surface area contributed by atoms with Crippen LogP contribution < -0.4 is 14.4 Å². The smallest absolute Gasteiger partial charge is 0.218 e. The van der Waals surface area contributed by atoms with Gasteiger partial charge in [0.25, 0.3) is 0 Å². The Labute approximate surface area is 286 Å². The Morgan fingerprint density at radius 3 is 1.40 bits per heavy atom. The normalized spacial score (nSPS) is 21.1. The summed E-state index contributed by atoms with van der Waals surface area (Å²) in [5.74, 6) is 2.14. The maximum atomic E-state index is 4.80. The first kappa shape index (κ1) is 31.6. The second-order valence-corrected chi connectivity index (χ2v) is 13.8. The SMILES string of the molecule is CCN1/C(=C/C=C2\CC/C(=C\C=C3\N(CC)c4ncccc4C3(C)C)C2=[N+](c2ccccc2)c2ccccc2)C(C)(C)c2cccnc21. The number of benzene rings is 2. The summed E-state index contributed by atoms with van der Waals surface area (Å²) in [4.78, 5) is 14.4. The van der Waals surface area contributed by atoms with E-state index in [0.717, 1.165) is 48.9 Å². The maximum Gasteiger partial charge on any atom is 0.218 e. The van der Waals surface area contributed by atoms with Gasteiger partial charge in [0.15, 0.2) is 0 Å². The van der Waals surface area contributed by atoms with E-state index in [4.69, 9.17) is 9.97 Å². The topological polar surface area (TPSA) is 35.3 Å². The Bertz CT molecular complexity index is 1850. The molecule has 0 amide bonds. The van der Waals surface area contributed by atoms with Crippen molar-refractivity contribution in [2.75, 3.05) is 22.9 Å². The number of fused-ring (bicyclic) bond motifs is 2. The zero-order valence-electron chi connectivity index (χ0n) is 29.1. The minimum atomic E-state index is -0.141. The molecule has 0 saturated heterocycles. The highest BCUT2D eigenvalue weighted by Crippen LogP contribution is 2.48. The minimum Gasteiger partial charge on any atom is -0.329 e. The monoisotopic (exact) mass is 632 g/mol. The lowest BCUT2D eigenvalue weighted by Gasteiger charge is -2.25. The van der Waals surface area contributed by atoms with Crippen LogP contribution in [0.5, 0.6) is 0 Å². The van der Waals surface area contributed by atoms with E-state index in [2.05, 4.69) is 165 Å². The molecule has 1 aliphatic carbocycles. The first-order chi connectivity index (χ1) is 23.3. The van der Waals surface area contributed by atoms with Crippen LogP contribution in [0, 0.1) is 0 Å². The van der Waals surface area contributed by atoms with Crippen molar-refractivity contribution < 1.29 is 0 Å². The molecule has 0 radical (unpaired) electrons. The van der Waals surface area contributed by atoms with Crippen molar-refractivity contribution in [1.82, 2.24) is 14.5 Å². The Kier molecular flexibility index (Phi) is 8.24. The third-order valence-electron chi connectivity index (χ3n) is 10.3. The molecular formula is C43H46N5+. The molecule has 5 heteroatoms. The van der Waals surface area contributed by atoms with Crippen molar-refractivity contribution in [1.29, 1.82) is 0 Å². The van der Waals surface area contributed by atoms with Crippen molar-refractivity contribution in [3.63, 3.8) is 0 Å². The van der Waals surface area contributed by atoms with Crippen molar-refractivity contribution in [3.8, 4) is 0 Å². The highest BCUT2D eigenvalue weighted by Gasteiger charge is 2.42. The van der Waals surface area contributed by atoms with E-state index in [1.807, 2.05) is 12.4 Å². The lowest BCUT2D eigenvalue weighted by molar-refractivity contribution is 0.633. The summed E-state index contributed by atoms with van der Waals surface area (Å²) < 4.78 is 2.45. The molecular weight excluding hydrogens is 587 g/mol. The molecule has 0 unspecified atom stereocenters. The van der Waals surface area contributed by atoms with Gasteiger partial charge in [0.1, 0.15) is 11.6 Å². The number of hydrogen-bond donors (Lipinski definition) is 0. The number of anilines is 2. The summed E-state index contributed by atoms with van der Waals surface area (Å²) >= 11 is 0. The van der Waals surface area contributed by atoms with E-state index < -0.39 is 0 Å². The van der Waals surface area contributed by atoms with Crippen molar-refractivity contribution in [2.24, 2.45) is 0 Å². The van der Waals surface area contributed by atoms with Crippen LogP contribution in [0.2, 0.25) is 0 Å². The van der Waals surface area contributed by atoms with Gasteiger partial charge in [-0.15, -0.1) is 0 Å². The number of aromatic nitrogens is 2. The summed E-state index contributed by atoms with van der Waals surface area (Å²) in [6.07, 6.45) is 15.2. The fourth-order valence-electron chi connectivity index (χ4n) is 7.86. The van der Waals surface area contributed by atoms with E-state index >= 15 is 0 Å². The molecule has 2 aromatic heterocycles. The summed E-state index contributed by atoms with van der Waals surface area (Å²) in [5, 5.41) is 0. The highest BCUT2D eigenvalue weighted by atomic mass is 15.2. The zero-order valence-corrected chi connectivity index (χ0v) is 29.1. The molecule has 4 aromatic rings. The van der Waals surface area contributed by atoms with Gasteiger partial charge < -0.3 is 9.80 Å². The van der Waals surface area contributed by atoms with Gasteiger partial charge in [0, 0.05) is 94.2 Å². The predicted molar refractivity (Wildman–Crippen MR) is 201 cm³/mol. The van der Waals surface area contributed by atoms with Crippen LogP contribution in [0.25, 0.3) is 0 Å². The molecule has 0 N–H and O–H groups in total. The van der Waals surface area contributed by atoms with E-state index in [9.17, 15) is 0 Å². The van der Waals surface area contributed by atoms with E-state index in [0.29, 0.717) is 0 Å². The van der Waals surface area contributed by atoms with Crippen molar-refractivity contribution >= 4 is 28.7 Å². The second kappa shape index (κ2) is 12.5. The average Bonchev–Trinajstić information content (AvgIpc) is 3.68. The molecule has 1 saturated carbocycles. The molecule has 4 heterocycles. The van der Waals surface area contributed by atoms with Gasteiger partial charge in [-0.05, 0) is 51.0 Å². The number of nitrogens with zero attached hydrogens (tertiary/aromatic N) is 5. The largest absolute Gasteiger partial charge is 0.329 e. The number of rotatable bonds is 6. The van der Waals surface area contributed by atoms with Gasteiger partial charge in [0.05, 0.1) is 0 Å². The third-order valence-corrected chi connectivity index (χ3v) is 10.3. The van der Waals surface area contributed by atoms with Crippen LogP contribution in [-0.4, -0.2) is 28.8 Å². The number of allylic oxidation sites excluding steroid dienone is 8. The van der Waals surface area contributed by atoms with Crippen LogP contribution in [0.3, 0.4) is 0 Å². The quantitative estimate of drug-likeness (QED) is 0.198. The Hall–Kier alpha value is -5.03. The molecule has 3 aliphatic rings. The number of para-hydroxylation sites is 2. The summed E-state index contributed by atoms with van der Waals surface area (Å²) in [6, 6.07) is 30.1. The molecule has 1 fully saturated rings. The summed E-state index contributed by atoms with van der Waals surface area (Å²) in [7, 11) is 0. The summed E-state index contributed by atoms with van der Waals surface area (Å²) in [5.41, 5.74) is 11.1. The molecule has 7 rings (SSSR count). The van der Waals surface area contributed by atoms with Gasteiger partial charge in [-0.2, -0.15) is 4.58 Å². The Morgan fingerprint density at radius 2 is 1.00 bits per heavy atom. The molecule has 0 spiro atoms. The Balaban J connectivity index is 1.42. The molecule has 5 nitrogen and oxygen atoms in total. The molecule has 0 bridgehead atoms. The fourth-order valence-corrected chi connectivity index (χ4v) is 7.86. The standard InChI is InChI=1S/C43H46N5/c1-7-46-37(42(3,4)35-21-15-29-44-40(35)46)27-25-31-23-24-32(26-28-38-43(5,6)36-22-16-30-45-41(36)47(38)8-2)39(31)48(33-17-11-9-12-18-33)34-19-13-10-14-20-34/h9-22,25-30H,7-8,23-24H2,1-6H3/q+1. The lowest BCUT2D eigenvalue weighted by atomic mass is 9.84.